The molecular formula is C19H23N3O5. The van der Waals surface area contributed by atoms with Gasteiger partial charge in [0.1, 0.15) is 11.5 Å². The maximum atomic E-state index is 12.6. The monoisotopic (exact) mass is 373 g/mol. The number of carbonyl (C=O) groups is 2. The van der Waals surface area contributed by atoms with Crippen molar-refractivity contribution in [3.05, 3.63) is 24.3 Å². The fourth-order valence-electron chi connectivity index (χ4n) is 3.46. The number of hydrogen-bond acceptors (Lipinski definition) is 6. The van der Waals surface area contributed by atoms with E-state index in [1.54, 1.807) is 17.0 Å². The number of benzene rings is 1. The molecule has 2 amide bonds. The number of phenolic OH excluding ortho intramolecular Hbond substituents is 1. The van der Waals surface area contributed by atoms with E-state index in [0.717, 1.165) is 18.6 Å². The molecule has 2 heterocycles. The second kappa shape index (κ2) is 7.46. The summed E-state index contributed by atoms with van der Waals surface area (Å²) in [6.45, 7) is 0.920. The van der Waals surface area contributed by atoms with Crippen LogP contribution in [0.3, 0.4) is 0 Å². The van der Waals surface area contributed by atoms with Crippen molar-refractivity contribution < 1.29 is 24.3 Å². The Bertz CT molecular complexity index is 761. The van der Waals surface area contributed by atoms with Gasteiger partial charge in [0.15, 0.2) is 6.61 Å². The number of amides is 2. The van der Waals surface area contributed by atoms with Gasteiger partial charge >= 0.3 is 0 Å². The second-order valence-electron chi connectivity index (χ2n) is 7.28. The number of rotatable bonds is 6. The van der Waals surface area contributed by atoms with Crippen LogP contribution in [-0.2, 0) is 14.4 Å². The Morgan fingerprint density at radius 2 is 2.19 bits per heavy atom. The summed E-state index contributed by atoms with van der Waals surface area (Å²) in [5.41, 5.74) is 1.02. The molecule has 2 fully saturated rings. The number of oxime groups is 1. The third-order valence-electron chi connectivity index (χ3n) is 5.07. The minimum absolute atomic E-state index is 0.0536. The third-order valence-corrected chi connectivity index (χ3v) is 5.07. The fourth-order valence-corrected chi connectivity index (χ4v) is 3.46. The van der Waals surface area contributed by atoms with Crippen LogP contribution in [0.4, 0.5) is 0 Å². The first-order valence-corrected chi connectivity index (χ1v) is 9.31. The number of carbonyl (C=O) groups excluding carboxylic acids is 2. The average molecular weight is 373 g/mol. The van der Waals surface area contributed by atoms with Gasteiger partial charge in [0.05, 0.1) is 5.71 Å². The van der Waals surface area contributed by atoms with Gasteiger partial charge in [-0.15, -0.1) is 0 Å². The van der Waals surface area contributed by atoms with Crippen LogP contribution in [0, 0.1) is 5.92 Å². The number of likely N-dealkylation sites (tertiary alicyclic amines) is 1. The Balaban J connectivity index is 1.20. The van der Waals surface area contributed by atoms with E-state index in [4.69, 9.17) is 9.57 Å². The lowest BCUT2D eigenvalue weighted by molar-refractivity contribution is -0.141. The van der Waals surface area contributed by atoms with Gasteiger partial charge in [-0.1, -0.05) is 11.2 Å². The first-order chi connectivity index (χ1) is 13.1. The van der Waals surface area contributed by atoms with E-state index in [9.17, 15) is 14.7 Å². The Labute approximate surface area is 157 Å². The normalized spacial score (nSPS) is 24.3. The molecule has 3 aliphatic rings. The van der Waals surface area contributed by atoms with Crippen LogP contribution in [0.2, 0.25) is 0 Å². The van der Waals surface area contributed by atoms with Gasteiger partial charge < -0.3 is 24.9 Å². The lowest BCUT2D eigenvalue weighted by atomic mass is 10.1. The Hall–Kier alpha value is -2.77. The summed E-state index contributed by atoms with van der Waals surface area (Å²) in [5.74, 6) is 0.718. The largest absolute Gasteiger partial charge is 0.508 e. The molecule has 1 saturated carbocycles. The Morgan fingerprint density at radius 1 is 1.33 bits per heavy atom. The minimum Gasteiger partial charge on any atom is -0.508 e. The van der Waals surface area contributed by atoms with Crippen LogP contribution in [0.25, 0.3) is 0 Å². The molecule has 0 radical (unpaired) electrons. The van der Waals surface area contributed by atoms with Gasteiger partial charge in [-0.05, 0) is 31.4 Å². The summed E-state index contributed by atoms with van der Waals surface area (Å²) in [6.07, 6.45) is 3.07. The summed E-state index contributed by atoms with van der Waals surface area (Å²) < 4.78 is 5.37. The van der Waals surface area contributed by atoms with Crippen LogP contribution < -0.4 is 10.1 Å². The summed E-state index contributed by atoms with van der Waals surface area (Å²) >= 11 is 0. The van der Waals surface area contributed by atoms with E-state index in [1.165, 1.54) is 12.1 Å². The number of nitrogens with one attached hydrogen (secondary N) is 1. The molecule has 1 aliphatic carbocycles. The highest BCUT2D eigenvalue weighted by atomic mass is 16.6. The topological polar surface area (TPSA) is 100 Å². The quantitative estimate of drug-likeness (QED) is 0.776. The molecule has 1 unspecified atom stereocenters. The lowest BCUT2D eigenvalue weighted by Gasteiger charge is -2.19. The SMILES string of the molecule is O=C(COc1cccc(O)c1)N[C@@H]1CCN(C(=O)C2CC(C3CC3)=NO2)C1. The van der Waals surface area contributed by atoms with E-state index in [1.807, 2.05) is 0 Å². The molecule has 0 spiro atoms. The summed E-state index contributed by atoms with van der Waals surface area (Å²) in [4.78, 5) is 31.7. The number of phenols is 1. The predicted molar refractivity (Wildman–Crippen MR) is 96.4 cm³/mol. The van der Waals surface area contributed by atoms with Gasteiger partial charge in [0.2, 0.25) is 6.10 Å². The standard InChI is InChI=1S/C19H23N3O5/c23-14-2-1-3-15(8-14)26-11-18(24)20-13-6-7-22(10-13)19(25)17-9-16(21-27-17)12-4-5-12/h1-3,8,12-13,17,23H,4-7,9-11H2,(H,20,24)/t13-,17?/m1/s1. The van der Waals surface area contributed by atoms with E-state index in [0.29, 0.717) is 37.6 Å². The van der Waals surface area contributed by atoms with E-state index < -0.39 is 6.10 Å². The van der Waals surface area contributed by atoms with Gasteiger partial charge in [0, 0.05) is 37.5 Å². The predicted octanol–water partition coefficient (Wildman–Crippen LogP) is 1.04. The zero-order valence-electron chi connectivity index (χ0n) is 15.0. The molecule has 1 saturated heterocycles. The van der Waals surface area contributed by atoms with Crippen molar-refractivity contribution in [3.8, 4) is 11.5 Å². The smallest absolute Gasteiger partial charge is 0.266 e. The van der Waals surface area contributed by atoms with Crippen LogP contribution in [0.1, 0.15) is 25.7 Å². The fraction of sp³-hybridized carbons (Fsp3) is 0.526. The third kappa shape index (κ3) is 4.32. The van der Waals surface area contributed by atoms with Crippen molar-refractivity contribution in [2.45, 2.75) is 37.8 Å². The Kier molecular flexibility index (Phi) is 4.87. The molecule has 8 heteroatoms. The molecule has 1 aromatic carbocycles. The molecule has 2 N–H and O–H groups in total. The van der Waals surface area contributed by atoms with Crippen molar-refractivity contribution in [2.24, 2.45) is 11.1 Å². The van der Waals surface area contributed by atoms with E-state index >= 15 is 0 Å². The van der Waals surface area contributed by atoms with Gasteiger partial charge in [0.25, 0.3) is 11.8 Å². The molecule has 8 nitrogen and oxygen atoms in total. The number of nitrogens with zero attached hydrogens (tertiary/aromatic N) is 2. The number of hydrogen-bond donors (Lipinski definition) is 2. The molecular weight excluding hydrogens is 350 g/mol. The molecule has 2 aliphatic heterocycles. The maximum absolute atomic E-state index is 12.6. The first-order valence-electron chi connectivity index (χ1n) is 9.31. The van der Waals surface area contributed by atoms with Crippen LogP contribution in [-0.4, -0.2) is 59.4 Å². The van der Waals surface area contributed by atoms with Crippen LogP contribution >= 0.6 is 0 Å². The minimum atomic E-state index is -0.510. The van der Waals surface area contributed by atoms with Gasteiger partial charge in [-0.2, -0.15) is 0 Å². The molecule has 144 valence electrons. The van der Waals surface area contributed by atoms with Crippen molar-refractivity contribution in [1.29, 1.82) is 0 Å². The van der Waals surface area contributed by atoms with Crippen molar-refractivity contribution in [2.75, 3.05) is 19.7 Å². The molecule has 4 rings (SSSR count). The van der Waals surface area contributed by atoms with Crippen LogP contribution in [0.5, 0.6) is 11.5 Å². The van der Waals surface area contributed by atoms with Crippen molar-refractivity contribution in [3.63, 3.8) is 0 Å². The summed E-state index contributed by atoms with van der Waals surface area (Å²) in [7, 11) is 0. The van der Waals surface area contributed by atoms with Crippen LogP contribution in [0.15, 0.2) is 29.4 Å². The van der Waals surface area contributed by atoms with E-state index in [2.05, 4.69) is 10.5 Å². The van der Waals surface area contributed by atoms with E-state index in [-0.39, 0.29) is 30.2 Å². The lowest BCUT2D eigenvalue weighted by Crippen LogP contribution is -2.42. The van der Waals surface area contributed by atoms with Gasteiger partial charge in [-0.3, -0.25) is 9.59 Å². The summed E-state index contributed by atoms with van der Waals surface area (Å²) in [5, 5.41) is 16.3. The zero-order chi connectivity index (χ0) is 18.8. The highest BCUT2D eigenvalue weighted by Crippen LogP contribution is 2.35. The molecule has 2 atom stereocenters. The number of ether oxygens (including phenoxy) is 1. The van der Waals surface area contributed by atoms with Crippen molar-refractivity contribution >= 4 is 17.5 Å². The highest BCUT2D eigenvalue weighted by Gasteiger charge is 2.40. The average Bonchev–Trinajstić information content (AvgIpc) is 3.20. The summed E-state index contributed by atoms with van der Waals surface area (Å²) in [6, 6.07) is 6.20. The zero-order valence-corrected chi connectivity index (χ0v) is 15.0. The molecule has 0 aromatic heterocycles. The maximum Gasteiger partial charge on any atom is 0.266 e. The van der Waals surface area contributed by atoms with Gasteiger partial charge in [-0.25, -0.2) is 0 Å². The molecule has 1 aromatic rings. The molecule has 27 heavy (non-hydrogen) atoms. The second-order valence-corrected chi connectivity index (χ2v) is 7.28. The van der Waals surface area contributed by atoms with Crippen molar-refractivity contribution in [1.82, 2.24) is 10.2 Å². The Morgan fingerprint density at radius 3 is 2.96 bits per heavy atom. The molecule has 0 bridgehead atoms. The first kappa shape index (κ1) is 17.6. The number of aromatic hydroxyl groups is 1. The highest BCUT2D eigenvalue weighted by molar-refractivity contribution is 5.95.